The van der Waals surface area contributed by atoms with Gasteiger partial charge in [-0.3, -0.25) is 0 Å². The number of nitrogens with zero attached hydrogens (tertiary/aromatic N) is 1. The van der Waals surface area contributed by atoms with Gasteiger partial charge in [-0.15, -0.1) is 11.3 Å². The fourth-order valence-corrected chi connectivity index (χ4v) is 2.20. The molecule has 1 N–H and O–H groups in total. The van der Waals surface area contributed by atoms with E-state index in [0.29, 0.717) is 6.04 Å². The van der Waals surface area contributed by atoms with Crippen LogP contribution in [0.15, 0.2) is 11.6 Å². The van der Waals surface area contributed by atoms with Crippen molar-refractivity contribution in [1.29, 1.82) is 0 Å². The van der Waals surface area contributed by atoms with E-state index in [4.69, 9.17) is 4.74 Å². The molecule has 0 aromatic carbocycles. The van der Waals surface area contributed by atoms with Crippen LogP contribution in [-0.2, 0) is 4.74 Å². The third-order valence-corrected chi connectivity index (χ3v) is 3.11. The third-order valence-electron chi connectivity index (χ3n) is 2.22. The third kappa shape index (κ3) is 4.73. The SMILES string of the molecule is CCOCCCNC(CC)c1nccs1. The predicted molar refractivity (Wildman–Crippen MR) is 64.3 cm³/mol. The fraction of sp³-hybridized carbons (Fsp3) is 0.727. The van der Waals surface area contributed by atoms with E-state index in [0.717, 1.165) is 32.6 Å². The van der Waals surface area contributed by atoms with Gasteiger partial charge in [0.1, 0.15) is 5.01 Å². The van der Waals surface area contributed by atoms with Crippen molar-refractivity contribution in [3.63, 3.8) is 0 Å². The number of rotatable bonds is 8. The van der Waals surface area contributed by atoms with Crippen molar-refractivity contribution >= 4 is 11.3 Å². The van der Waals surface area contributed by atoms with Gasteiger partial charge in [0, 0.05) is 24.8 Å². The average Bonchev–Trinajstić information content (AvgIpc) is 2.77. The van der Waals surface area contributed by atoms with Crippen molar-refractivity contribution in [1.82, 2.24) is 10.3 Å². The second-order valence-corrected chi connectivity index (χ2v) is 4.26. The number of nitrogens with one attached hydrogen (secondary N) is 1. The molecule has 1 rings (SSSR count). The first-order valence-electron chi connectivity index (χ1n) is 5.59. The van der Waals surface area contributed by atoms with Gasteiger partial charge in [-0.05, 0) is 26.3 Å². The predicted octanol–water partition coefficient (Wildman–Crippen LogP) is 2.61. The van der Waals surface area contributed by atoms with Crippen molar-refractivity contribution < 1.29 is 4.74 Å². The monoisotopic (exact) mass is 228 g/mol. The fourth-order valence-electron chi connectivity index (χ4n) is 1.41. The zero-order chi connectivity index (χ0) is 10.9. The van der Waals surface area contributed by atoms with Crippen LogP contribution in [-0.4, -0.2) is 24.7 Å². The molecule has 0 fully saturated rings. The summed E-state index contributed by atoms with van der Waals surface area (Å²) in [7, 11) is 0. The molecule has 15 heavy (non-hydrogen) atoms. The molecule has 0 aliphatic heterocycles. The van der Waals surface area contributed by atoms with Crippen LogP contribution in [0.2, 0.25) is 0 Å². The van der Waals surface area contributed by atoms with Gasteiger partial charge in [-0.1, -0.05) is 6.92 Å². The Bertz CT molecular complexity index is 239. The van der Waals surface area contributed by atoms with Crippen molar-refractivity contribution in [2.24, 2.45) is 0 Å². The molecule has 0 saturated carbocycles. The second kappa shape index (κ2) is 7.79. The number of ether oxygens (including phenoxy) is 1. The van der Waals surface area contributed by atoms with Crippen LogP contribution < -0.4 is 5.32 Å². The Kier molecular flexibility index (Phi) is 6.55. The summed E-state index contributed by atoms with van der Waals surface area (Å²) in [5.41, 5.74) is 0. The lowest BCUT2D eigenvalue weighted by Crippen LogP contribution is -2.22. The maximum Gasteiger partial charge on any atom is 0.109 e. The van der Waals surface area contributed by atoms with Gasteiger partial charge < -0.3 is 10.1 Å². The van der Waals surface area contributed by atoms with E-state index in [1.807, 2.05) is 18.5 Å². The first kappa shape index (κ1) is 12.6. The Morgan fingerprint density at radius 2 is 2.40 bits per heavy atom. The maximum atomic E-state index is 5.29. The lowest BCUT2D eigenvalue weighted by molar-refractivity contribution is 0.144. The molecule has 4 heteroatoms. The van der Waals surface area contributed by atoms with E-state index in [1.165, 1.54) is 5.01 Å². The molecule has 0 bridgehead atoms. The number of hydrogen-bond donors (Lipinski definition) is 1. The number of hydrogen-bond acceptors (Lipinski definition) is 4. The summed E-state index contributed by atoms with van der Waals surface area (Å²) in [5.74, 6) is 0. The summed E-state index contributed by atoms with van der Waals surface area (Å²) >= 11 is 1.72. The van der Waals surface area contributed by atoms with E-state index in [2.05, 4.69) is 17.2 Å². The van der Waals surface area contributed by atoms with Crippen LogP contribution in [0.25, 0.3) is 0 Å². The standard InChI is InChI=1S/C11H20N2OS/c1-3-10(11-13-7-9-15-11)12-6-5-8-14-4-2/h7,9-10,12H,3-6,8H2,1-2H3. The molecule has 1 atom stereocenters. The number of thiazole rings is 1. The largest absolute Gasteiger partial charge is 0.382 e. The highest BCUT2D eigenvalue weighted by molar-refractivity contribution is 7.09. The van der Waals surface area contributed by atoms with Gasteiger partial charge in [-0.25, -0.2) is 4.98 Å². The minimum Gasteiger partial charge on any atom is -0.382 e. The Labute approximate surface area is 95.9 Å². The lowest BCUT2D eigenvalue weighted by atomic mass is 10.2. The van der Waals surface area contributed by atoms with Crippen LogP contribution in [0.4, 0.5) is 0 Å². The summed E-state index contributed by atoms with van der Waals surface area (Å²) in [6.07, 6.45) is 4.02. The van der Waals surface area contributed by atoms with Gasteiger partial charge in [0.2, 0.25) is 0 Å². The first-order valence-corrected chi connectivity index (χ1v) is 6.47. The quantitative estimate of drug-likeness (QED) is 0.694. The highest BCUT2D eigenvalue weighted by Crippen LogP contribution is 2.18. The summed E-state index contributed by atoms with van der Waals surface area (Å²) < 4.78 is 5.29. The van der Waals surface area contributed by atoms with Crippen molar-refractivity contribution in [3.8, 4) is 0 Å². The van der Waals surface area contributed by atoms with Crippen LogP contribution in [0.5, 0.6) is 0 Å². The van der Waals surface area contributed by atoms with Gasteiger partial charge in [0.25, 0.3) is 0 Å². The molecule has 3 nitrogen and oxygen atoms in total. The van der Waals surface area contributed by atoms with Crippen molar-refractivity contribution in [2.75, 3.05) is 19.8 Å². The molecule has 1 unspecified atom stereocenters. The van der Waals surface area contributed by atoms with Gasteiger partial charge in [0.05, 0.1) is 6.04 Å². The lowest BCUT2D eigenvalue weighted by Gasteiger charge is -2.13. The topological polar surface area (TPSA) is 34.1 Å². The Hall–Kier alpha value is -0.450. The van der Waals surface area contributed by atoms with Crippen molar-refractivity contribution in [2.45, 2.75) is 32.7 Å². The van der Waals surface area contributed by atoms with Crippen LogP contribution in [0.3, 0.4) is 0 Å². The molecule has 0 spiro atoms. The molecule has 0 aliphatic rings. The Morgan fingerprint density at radius 1 is 1.53 bits per heavy atom. The molecule has 0 radical (unpaired) electrons. The highest BCUT2D eigenvalue weighted by atomic mass is 32.1. The highest BCUT2D eigenvalue weighted by Gasteiger charge is 2.09. The van der Waals surface area contributed by atoms with E-state index in [9.17, 15) is 0 Å². The normalized spacial score (nSPS) is 12.9. The second-order valence-electron chi connectivity index (χ2n) is 3.34. The Balaban J connectivity index is 2.18. The molecule has 1 heterocycles. The van der Waals surface area contributed by atoms with Crippen LogP contribution in [0, 0.1) is 0 Å². The molecular weight excluding hydrogens is 208 g/mol. The zero-order valence-electron chi connectivity index (χ0n) is 9.53. The zero-order valence-corrected chi connectivity index (χ0v) is 10.3. The summed E-state index contributed by atoms with van der Waals surface area (Å²) in [6.45, 7) is 6.86. The van der Waals surface area contributed by atoms with E-state index in [1.54, 1.807) is 11.3 Å². The Morgan fingerprint density at radius 3 is 3.00 bits per heavy atom. The molecule has 0 aliphatic carbocycles. The summed E-state index contributed by atoms with van der Waals surface area (Å²) in [6, 6.07) is 0.409. The van der Waals surface area contributed by atoms with E-state index < -0.39 is 0 Å². The van der Waals surface area contributed by atoms with Crippen LogP contribution >= 0.6 is 11.3 Å². The average molecular weight is 228 g/mol. The maximum absolute atomic E-state index is 5.29. The minimum atomic E-state index is 0.409. The minimum absolute atomic E-state index is 0.409. The molecule has 1 aromatic rings. The first-order chi connectivity index (χ1) is 7.38. The van der Waals surface area contributed by atoms with E-state index in [-0.39, 0.29) is 0 Å². The van der Waals surface area contributed by atoms with Crippen LogP contribution in [0.1, 0.15) is 37.7 Å². The molecule has 0 saturated heterocycles. The molecule has 86 valence electrons. The summed E-state index contributed by atoms with van der Waals surface area (Å²) in [5, 5.41) is 6.72. The van der Waals surface area contributed by atoms with Gasteiger partial charge >= 0.3 is 0 Å². The summed E-state index contributed by atoms with van der Waals surface area (Å²) in [4.78, 5) is 4.33. The molecular formula is C11H20N2OS. The van der Waals surface area contributed by atoms with Gasteiger partial charge in [-0.2, -0.15) is 0 Å². The van der Waals surface area contributed by atoms with E-state index >= 15 is 0 Å². The smallest absolute Gasteiger partial charge is 0.109 e. The van der Waals surface area contributed by atoms with Gasteiger partial charge in [0.15, 0.2) is 0 Å². The molecule has 1 aromatic heterocycles. The molecule has 0 amide bonds. The number of aromatic nitrogens is 1. The van der Waals surface area contributed by atoms with Crippen molar-refractivity contribution in [3.05, 3.63) is 16.6 Å².